The molecule has 0 N–H and O–H groups in total. The molecule has 1 aromatic carbocycles. The minimum atomic E-state index is 0.117. The molecule has 0 amide bonds. The highest BCUT2D eigenvalue weighted by molar-refractivity contribution is 9.09. The number of hydrogen-bond donors (Lipinski definition) is 0. The highest BCUT2D eigenvalue weighted by Gasteiger charge is 2.29. The maximum atomic E-state index is 3.73. The molecule has 0 bridgehead atoms. The lowest BCUT2D eigenvalue weighted by Crippen LogP contribution is -2.09. The Morgan fingerprint density at radius 1 is 1.23 bits per heavy atom. The molecule has 0 spiro atoms. The molecule has 0 aliphatic heterocycles. The van der Waals surface area contributed by atoms with E-state index in [1.54, 1.807) is 5.56 Å². The van der Waals surface area contributed by atoms with Gasteiger partial charge < -0.3 is 0 Å². The number of alkyl halides is 1. The summed E-state index contributed by atoms with van der Waals surface area (Å²) in [6.45, 7) is 4.43. The van der Waals surface area contributed by atoms with E-state index in [2.05, 4.69) is 54.0 Å². The van der Waals surface area contributed by atoms with E-state index in [-0.39, 0.29) is 4.32 Å². The molecule has 0 nitrogen and oxygen atoms in total. The topological polar surface area (TPSA) is 0 Å². The van der Waals surface area contributed by atoms with Crippen LogP contribution in [0.1, 0.15) is 43.7 Å². The molecule has 0 heterocycles. The SMILES string of the molecule is CC(C)(Br)c1ccccc1C1CC1. The maximum Gasteiger partial charge on any atom is 0.0452 e. The van der Waals surface area contributed by atoms with Crippen molar-refractivity contribution in [3.05, 3.63) is 35.4 Å². The Morgan fingerprint density at radius 2 is 1.85 bits per heavy atom. The van der Waals surface area contributed by atoms with E-state index in [0.29, 0.717) is 0 Å². The van der Waals surface area contributed by atoms with Gasteiger partial charge in [0.25, 0.3) is 0 Å². The molecule has 0 saturated heterocycles. The highest BCUT2D eigenvalue weighted by atomic mass is 79.9. The number of halogens is 1. The zero-order valence-electron chi connectivity index (χ0n) is 8.18. The van der Waals surface area contributed by atoms with Gasteiger partial charge in [0.2, 0.25) is 0 Å². The summed E-state index contributed by atoms with van der Waals surface area (Å²) in [6, 6.07) is 8.79. The van der Waals surface area contributed by atoms with Gasteiger partial charge in [0, 0.05) is 4.32 Å². The van der Waals surface area contributed by atoms with Gasteiger partial charge in [-0.25, -0.2) is 0 Å². The van der Waals surface area contributed by atoms with Gasteiger partial charge in [0.05, 0.1) is 0 Å². The Hall–Kier alpha value is -0.300. The van der Waals surface area contributed by atoms with Gasteiger partial charge >= 0.3 is 0 Å². The van der Waals surface area contributed by atoms with Crippen molar-refractivity contribution in [1.82, 2.24) is 0 Å². The van der Waals surface area contributed by atoms with Crippen molar-refractivity contribution in [2.45, 2.75) is 36.9 Å². The predicted molar refractivity (Wildman–Crippen MR) is 60.4 cm³/mol. The highest BCUT2D eigenvalue weighted by Crippen LogP contribution is 2.45. The first-order chi connectivity index (χ1) is 6.09. The summed E-state index contributed by atoms with van der Waals surface area (Å²) in [5.74, 6) is 0.841. The largest absolute Gasteiger partial charge is 0.0807 e. The summed E-state index contributed by atoms with van der Waals surface area (Å²) in [4.78, 5) is 0. The van der Waals surface area contributed by atoms with Crippen LogP contribution in [0.4, 0.5) is 0 Å². The molecule has 0 atom stereocenters. The van der Waals surface area contributed by atoms with Crippen molar-refractivity contribution >= 4 is 15.9 Å². The van der Waals surface area contributed by atoms with Gasteiger partial charge in [-0.2, -0.15) is 0 Å². The van der Waals surface area contributed by atoms with Crippen LogP contribution in [0.15, 0.2) is 24.3 Å². The monoisotopic (exact) mass is 238 g/mol. The zero-order chi connectivity index (χ0) is 9.47. The first-order valence-electron chi connectivity index (χ1n) is 4.87. The summed E-state index contributed by atoms with van der Waals surface area (Å²) >= 11 is 3.73. The molecule has 0 unspecified atom stereocenters. The molecule has 1 saturated carbocycles. The number of benzene rings is 1. The first kappa shape index (κ1) is 9.26. The molecule has 2 rings (SSSR count). The van der Waals surface area contributed by atoms with E-state index >= 15 is 0 Å². The molecule has 0 radical (unpaired) electrons. The summed E-state index contributed by atoms with van der Waals surface area (Å²) in [6.07, 6.45) is 2.75. The smallest absolute Gasteiger partial charge is 0.0452 e. The van der Waals surface area contributed by atoms with E-state index < -0.39 is 0 Å². The molecule has 0 aromatic heterocycles. The zero-order valence-corrected chi connectivity index (χ0v) is 9.76. The maximum absolute atomic E-state index is 3.73. The van der Waals surface area contributed by atoms with Gasteiger partial charge in [0.15, 0.2) is 0 Å². The van der Waals surface area contributed by atoms with Crippen LogP contribution < -0.4 is 0 Å². The number of hydrogen-bond acceptors (Lipinski definition) is 0. The molecule has 1 aromatic rings. The summed E-state index contributed by atoms with van der Waals surface area (Å²) in [5.41, 5.74) is 3.00. The quantitative estimate of drug-likeness (QED) is 0.678. The van der Waals surface area contributed by atoms with Gasteiger partial charge in [-0.05, 0) is 43.7 Å². The van der Waals surface area contributed by atoms with Crippen LogP contribution in [0.2, 0.25) is 0 Å². The molecular formula is C12H15Br. The van der Waals surface area contributed by atoms with Crippen LogP contribution >= 0.6 is 15.9 Å². The summed E-state index contributed by atoms with van der Waals surface area (Å²) in [7, 11) is 0. The molecule has 1 fully saturated rings. The Morgan fingerprint density at radius 3 is 2.38 bits per heavy atom. The van der Waals surface area contributed by atoms with Crippen LogP contribution in [0.3, 0.4) is 0 Å². The second-order valence-electron chi connectivity index (χ2n) is 4.33. The lowest BCUT2D eigenvalue weighted by Gasteiger charge is -2.20. The van der Waals surface area contributed by atoms with E-state index in [1.807, 2.05) is 0 Å². The molecule has 70 valence electrons. The lowest BCUT2D eigenvalue weighted by molar-refractivity contribution is 0.784. The average Bonchev–Trinajstić information content (AvgIpc) is 2.85. The average molecular weight is 239 g/mol. The van der Waals surface area contributed by atoms with Gasteiger partial charge in [-0.1, -0.05) is 40.2 Å². The molecule has 1 aliphatic rings. The van der Waals surface area contributed by atoms with Crippen LogP contribution in [0.5, 0.6) is 0 Å². The molecule has 1 aliphatic carbocycles. The van der Waals surface area contributed by atoms with Gasteiger partial charge in [-0.15, -0.1) is 0 Å². The third-order valence-corrected chi connectivity index (χ3v) is 3.05. The van der Waals surface area contributed by atoms with Crippen LogP contribution in [0.25, 0.3) is 0 Å². The van der Waals surface area contributed by atoms with Crippen molar-refractivity contribution in [3.8, 4) is 0 Å². The van der Waals surface area contributed by atoms with Crippen LogP contribution in [0, 0.1) is 0 Å². The van der Waals surface area contributed by atoms with Gasteiger partial charge in [0.1, 0.15) is 0 Å². The van der Waals surface area contributed by atoms with Crippen molar-refractivity contribution in [2.75, 3.05) is 0 Å². The fourth-order valence-corrected chi connectivity index (χ4v) is 2.15. The minimum absolute atomic E-state index is 0.117. The van der Waals surface area contributed by atoms with Gasteiger partial charge in [-0.3, -0.25) is 0 Å². The normalized spacial score (nSPS) is 17.5. The third kappa shape index (κ3) is 1.96. The van der Waals surface area contributed by atoms with Crippen molar-refractivity contribution in [1.29, 1.82) is 0 Å². The van der Waals surface area contributed by atoms with Crippen LogP contribution in [-0.4, -0.2) is 0 Å². The summed E-state index contributed by atoms with van der Waals surface area (Å²) in [5, 5.41) is 0. The minimum Gasteiger partial charge on any atom is -0.0807 e. The fraction of sp³-hybridized carbons (Fsp3) is 0.500. The standard InChI is InChI=1S/C12H15Br/c1-12(2,13)11-6-4-3-5-10(11)9-7-8-9/h3-6,9H,7-8H2,1-2H3. The van der Waals surface area contributed by atoms with E-state index in [9.17, 15) is 0 Å². The van der Waals surface area contributed by atoms with Crippen molar-refractivity contribution in [3.63, 3.8) is 0 Å². The Balaban J connectivity index is 2.43. The Kier molecular flexibility index (Phi) is 2.23. The van der Waals surface area contributed by atoms with Crippen molar-refractivity contribution < 1.29 is 0 Å². The Labute approximate surface area is 88.5 Å². The van der Waals surface area contributed by atoms with E-state index in [0.717, 1.165) is 5.92 Å². The third-order valence-electron chi connectivity index (χ3n) is 2.62. The predicted octanol–water partition coefficient (Wildman–Crippen LogP) is 4.19. The fourth-order valence-electron chi connectivity index (χ4n) is 1.79. The second kappa shape index (κ2) is 3.13. The van der Waals surface area contributed by atoms with Crippen molar-refractivity contribution in [2.24, 2.45) is 0 Å². The summed E-state index contributed by atoms with van der Waals surface area (Å²) < 4.78 is 0.117. The van der Waals surface area contributed by atoms with E-state index in [4.69, 9.17) is 0 Å². The molecule has 1 heteroatoms. The molecule has 13 heavy (non-hydrogen) atoms. The van der Waals surface area contributed by atoms with Crippen LogP contribution in [-0.2, 0) is 4.32 Å². The second-order valence-corrected chi connectivity index (χ2v) is 6.32. The Bertz CT molecular complexity index is 305. The first-order valence-corrected chi connectivity index (χ1v) is 5.66. The number of rotatable bonds is 2. The lowest BCUT2D eigenvalue weighted by atomic mass is 9.94. The van der Waals surface area contributed by atoms with E-state index in [1.165, 1.54) is 18.4 Å². The molecular weight excluding hydrogens is 224 g/mol.